The zero-order chi connectivity index (χ0) is 12.4. The number of benzene rings is 1. The van der Waals surface area contributed by atoms with Crippen molar-refractivity contribution in [1.29, 1.82) is 0 Å². The number of nitrogen functional groups attached to an aromatic ring is 1. The fraction of sp³-hybridized carbons (Fsp3) is 0. The van der Waals surface area contributed by atoms with Crippen molar-refractivity contribution < 1.29 is 9.13 Å². The number of hydrogen-bond donors (Lipinski definition) is 1. The van der Waals surface area contributed by atoms with Crippen LogP contribution in [0.5, 0.6) is 11.6 Å². The molecule has 4 nitrogen and oxygen atoms in total. The number of nitrogens with zero attached hydrogens (tertiary/aromatic N) is 2. The van der Waals surface area contributed by atoms with Crippen LogP contribution >= 0.6 is 23.2 Å². The number of anilines is 1. The first-order valence-electron chi connectivity index (χ1n) is 4.48. The largest absolute Gasteiger partial charge is 0.434 e. The Morgan fingerprint density at radius 2 is 2.00 bits per heavy atom. The predicted octanol–water partition coefficient (Wildman–Crippen LogP) is 3.30. The molecule has 2 rings (SSSR count). The molecule has 7 heteroatoms. The third kappa shape index (κ3) is 2.57. The zero-order valence-corrected chi connectivity index (χ0v) is 9.84. The van der Waals surface area contributed by atoms with Gasteiger partial charge in [0, 0.05) is 0 Å². The summed E-state index contributed by atoms with van der Waals surface area (Å²) in [5.41, 5.74) is 5.37. The Bertz CT molecular complexity index is 565. The number of nitrogens with two attached hydrogens (primary N) is 1. The summed E-state index contributed by atoms with van der Waals surface area (Å²) in [5.74, 6) is -0.827. The molecule has 0 aliphatic heterocycles. The molecule has 88 valence electrons. The fourth-order valence-corrected chi connectivity index (χ4v) is 1.40. The summed E-state index contributed by atoms with van der Waals surface area (Å²) in [6.45, 7) is 0. The van der Waals surface area contributed by atoms with Gasteiger partial charge in [0.15, 0.2) is 11.6 Å². The fourth-order valence-electron chi connectivity index (χ4n) is 1.10. The Hall–Kier alpha value is -1.59. The van der Waals surface area contributed by atoms with E-state index in [2.05, 4.69) is 9.97 Å². The lowest BCUT2D eigenvalue weighted by molar-refractivity contribution is 0.427. The van der Waals surface area contributed by atoms with Crippen LogP contribution < -0.4 is 10.5 Å². The summed E-state index contributed by atoms with van der Waals surface area (Å²) >= 11 is 11.4. The third-order valence-corrected chi connectivity index (χ3v) is 2.40. The highest BCUT2D eigenvalue weighted by atomic mass is 35.5. The van der Waals surface area contributed by atoms with E-state index < -0.39 is 5.82 Å². The Morgan fingerprint density at radius 3 is 2.76 bits per heavy atom. The van der Waals surface area contributed by atoms with Gasteiger partial charge in [-0.25, -0.2) is 9.37 Å². The molecule has 0 aliphatic carbocycles. The van der Waals surface area contributed by atoms with Gasteiger partial charge in [0.05, 0.1) is 11.2 Å². The van der Waals surface area contributed by atoms with Gasteiger partial charge in [-0.15, -0.1) is 0 Å². The summed E-state index contributed by atoms with van der Waals surface area (Å²) in [5, 5.41) is 0.0687. The second kappa shape index (κ2) is 4.73. The van der Waals surface area contributed by atoms with Crippen molar-refractivity contribution in [3.63, 3.8) is 0 Å². The van der Waals surface area contributed by atoms with E-state index in [-0.39, 0.29) is 27.6 Å². The smallest absolute Gasteiger partial charge is 0.243 e. The molecule has 2 N–H and O–H groups in total. The van der Waals surface area contributed by atoms with Crippen LogP contribution in [0.15, 0.2) is 24.4 Å². The predicted molar refractivity (Wildman–Crippen MR) is 62.9 cm³/mol. The molecule has 0 bridgehead atoms. The van der Waals surface area contributed by atoms with E-state index in [1.165, 1.54) is 18.3 Å². The molecule has 1 aromatic heterocycles. The molecule has 2 aromatic rings. The maximum Gasteiger partial charge on any atom is 0.243 e. The van der Waals surface area contributed by atoms with E-state index in [1.54, 1.807) is 6.07 Å². The van der Waals surface area contributed by atoms with Crippen molar-refractivity contribution in [2.45, 2.75) is 0 Å². The number of halogens is 3. The minimum atomic E-state index is -0.692. The first-order valence-corrected chi connectivity index (χ1v) is 5.23. The summed E-state index contributed by atoms with van der Waals surface area (Å²) < 4.78 is 18.7. The maximum atomic E-state index is 13.5. The summed E-state index contributed by atoms with van der Waals surface area (Å²) in [7, 11) is 0. The van der Waals surface area contributed by atoms with E-state index >= 15 is 0 Å². The molecule has 17 heavy (non-hydrogen) atoms. The third-order valence-electron chi connectivity index (χ3n) is 1.85. The molecule has 0 unspecified atom stereocenters. The van der Waals surface area contributed by atoms with E-state index in [1.807, 2.05) is 0 Å². The lowest BCUT2D eigenvalue weighted by Crippen LogP contribution is -1.98. The van der Waals surface area contributed by atoms with Crippen LogP contribution in [-0.2, 0) is 0 Å². The highest BCUT2D eigenvalue weighted by Crippen LogP contribution is 2.31. The Balaban J connectivity index is 2.38. The number of rotatable bonds is 2. The zero-order valence-electron chi connectivity index (χ0n) is 8.32. The van der Waals surface area contributed by atoms with E-state index in [4.69, 9.17) is 33.7 Å². The normalized spacial score (nSPS) is 10.3. The average Bonchev–Trinajstić information content (AvgIpc) is 2.30. The van der Waals surface area contributed by atoms with Crippen molar-refractivity contribution in [3.8, 4) is 11.6 Å². The Labute approximate surface area is 106 Å². The standard InChI is InChI=1S/C10H6Cl2FN3O/c11-5-2-1-3-7(8(5)13)17-9-6(12)4-15-10(14)16-9/h1-4H,(H2,14,15,16). The second-order valence-electron chi connectivity index (χ2n) is 3.04. The van der Waals surface area contributed by atoms with E-state index in [9.17, 15) is 4.39 Å². The van der Waals surface area contributed by atoms with E-state index in [0.717, 1.165) is 0 Å². The minimum Gasteiger partial charge on any atom is -0.434 e. The summed E-state index contributed by atoms with van der Waals surface area (Å²) in [6, 6.07) is 4.34. The first kappa shape index (κ1) is 11.9. The highest BCUT2D eigenvalue weighted by molar-refractivity contribution is 6.31. The maximum absolute atomic E-state index is 13.5. The van der Waals surface area contributed by atoms with Crippen LogP contribution in [0, 0.1) is 5.82 Å². The van der Waals surface area contributed by atoms with Crippen LogP contribution in [0.1, 0.15) is 0 Å². The quantitative estimate of drug-likeness (QED) is 0.912. The molecule has 0 fully saturated rings. The summed E-state index contributed by atoms with van der Waals surface area (Å²) in [4.78, 5) is 7.40. The molecule has 0 saturated carbocycles. The van der Waals surface area contributed by atoms with Crippen LogP contribution in [0.4, 0.5) is 10.3 Å². The minimum absolute atomic E-state index is 0.0214. The number of ether oxygens (including phenoxy) is 1. The molecular formula is C10H6Cl2FN3O. The van der Waals surface area contributed by atoms with Gasteiger partial charge in [0.1, 0.15) is 5.02 Å². The van der Waals surface area contributed by atoms with Crippen LogP contribution in [-0.4, -0.2) is 9.97 Å². The lowest BCUT2D eigenvalue weighted by Gasteiger charge is -2.07. The molecule has 0 radical (unpaired) electrons. The molecule has 1 heterocycles. The van der Waals surface area contributed by atoms with Gasteiger partial charge in [0.25, 0.3) is 0 Å². The van der Waals surface area contributed by atoms with Gasteiger partial charge in [-0.2, -0.15) is 4.98 Å². The van der Waals surface area contributed by atoms with Crippen molar-refractivity contribution in [1.82, 2.24) is 9.97 Å². The monoisotopic (exact) mass is 273 g/mol. The molecule has 0 aliphatic rings. The average molecular weight is 274 g/mol. The molecule has 0 atom stereocenters. The van der Waals surface area contributed by atoms with Gasteiger partial charge in [-0.05, 0) is 12.1 Å². The van der Waals surface area contributed by atoms with E-state index in [0.29, 0.717) is 0 Å². The summed E-state index contributed by atoms with van der Waals surface area (Å²) in [6.07, 6.45) is 1.27. The molecule has 0 spiro atoms. The highest BCUT2D eigenvalue weighted by Gasteiger charge is 2.12. The Morgan fingerprint density at radius 1 is 1.24 bits per heavy atom. The SMILES string of the molecule is Nc1ncc(Cl)c(Oc2cccc(Cl)c2F)n1. The van der Waals surface area contributed by atoms with Gasteiger partial charge in [-0.3, -0.25) is 0 Å². The lowest BCUT2D eigenvalue weighted by atomic mass is 10.3. The molecular weight excluding hydrogens is 268 g/mol. The van der Waals surface area contributed by atoms with Crippen LogP contribution in [0.2, 0.25) is 10.0 Å². The van der Waals surface area contributed by atoms with Crippen molar-refractivity contribution in [2.24, 2.45) is 0 Å². The topological polar surface area (TPSA) is 61.0 Å². The van der Waals surface area contributed by atoms with Crippen LogP contribution in [0.3, 0.4) is 0 Å². The molecule has 0 amide bonds. The van der Waals surface area contributed by atoms with Crippen molar-refractivity contribution in [3.05, 3.63) is 40.3 Å². The van der Waals surface area contributed by atoms with Crippen molar-refractivity contribution >= 4 is 29.2 Å². The Kier molecular flexibility index (Phi) is 3.31. The van der Waals surface area contributed by atoms with Crippen molar-refractivity contribution in [2.75, 3.05) is 5.73 Å². The molecule has 1 aromatic carbocycles. The number of hydrogen-bond acceptors (Lipinski definition) is 4. The number of aromatic nitrogens is 2. The van der Waals surface area contributed by atoms with Gasteiger partial charge >= 0.3 is 0 Å². The second-order valence-corrected chi connectivity index (χ2v) is 3.85. The first-order chi connectivity index (χ1) is 8.08. The molecule has 0 saturated heterocycles. The van der Waals surface area contributed by atoms with Gasteiger partial charge < -0.3 is 10.5 Å². The van der Waals surface area contributed by atoms with Gasteiger partial charge in [0.2, 0.25) is 11.8 Å². The van der Waals surface area contributed by atoms with Gasteiger partial charge in [-0.1, -0.05) is 29.3 Å². The van der Waals surface area contributed by atoms with Crippen LogP contribution in [0.25, 0.3) is 0 Å².